The molecule has 5 rings (SSSR count). The number of pyridine rings is 1. The van der Waals surface area contributed by atoms with E-state index in [-0.39, 0.29) is 16.7 Å². The molecule has 1 aliphatic heterocycles. The van der Waals surface area contributed by atoms with E-state index >= 15 is 0 Å². The van der Waals surface area contributed by atoms with E-state index in [0.717, 1.165) is 61.4 Å². The van der Waals surface area contributed by atoms with Crippen LogP contribution < -0.4 is 5.73 Å². The van der Waals surface area contributed by atoms with Crippen molar-refractivity contribution in [2.24, 2.45) is 17.3 Å². The molecular weight excluding hydrogens is 448 g/mol. The molecule has 0 radical (unpaired) electrons. The first-order valence-corrected chi connectivity index (χ1v) is 13.2. The fourth-order valence-electron chi connectivity index (χ4n) is 5.78. The Bertz CT molecular complexity index is 1260. The third-order valence-corrected chi connectivity index (χ3v) is 8.13. The van der Waals surface area contributed by atoms with Gasteiger partial charge in [0.1, 0.15) is 5.82 Å². The zero-order valence-corrected chi connectivity index (χ0v) is 22.6. The number of carbonyl (C=O) groups excluding carboxylic acids is 1. The Morgan fingerprint density at radius 1 is 1.08 bits per heavy atom. The highest BCUT2D eigenvalue weighted by Crippen LogP contribution is 2.51. The van der Waals surface area contributed by atoms with Gasteiger partial charge in [-0.15, -0.1) is 0 Å². The first-order valence-electron chi connectivity index (χ1n) is 13.2. The normalized spacial score (nSPS) is 21.2. The molecule has 36 heavy (non-hydrogen) atoms. The second kappa shape index (κ2) is 8.87. The Kier molecular flexibility index (Phi) is 6.10. The van der Waals surface area contributed by atoms with Crippen molar-refractivity contribution in [3.05, 3.63) is 41.6 Å². The highest BCUT2D eigenvalue weighted by atomic mass is 16.2. The number of aryl methyl sites for hydroxylation is 1. The lowest BCUT2D eigenvalue weighted by Gasteiger charge is -2.39. The van der Waals surface area contributed by atoms with Crippen LogP contribution in [-0.4, -0.2) is 63.6 Å². The maximum atomic E-state index is 13.0. The molecular formula is C29H40N6O. The Labute approximate surface area is 214 Å². The molecule has 2 atom stereocenters. The summed E-state index contributed by atoms with van der Waals surface area (Å²) >= 11 is 0. The summed E-state index contributed by atoms with van der Waals surface area (Å²) in [6.07, 6.45) is 1.05. The third-order valence-electron chi connectivity index (χ3n) is 8.13. The molecule has 2 unspecified atom stereocenters. The van der Waals surface area contributed by atoms with Gasteiger partial charge < -0.3 is 10.6 Å². The smallest absolute Gasteiger partial charge is 0.226 e. The molecule has 1 aliphatic carbocycles. The van der Waals surface area contributed by atoms with Crippen molar-refractivity contribution >= 4 is 22.8 Å². The minimum atomic E-state index is -0.193. The van der Waals surface area contributed by atoms with Crippen molar-refractivity contribution in [1.29, 1.82) is 0 Å². The molecule has 7 nitrogen and oxygen atoms in total. The lowest BCUT2D eigenvalue weighted by Crippen LogP contribution is -2.52. The lowest BCUT2D eigenvalue weighted by atomic mass is 9.86. The van der Waals surface area contributed by atoms with Crippen molar-refractivity contribution in [3.8, 4) is 11.1 Å². The predicted molar refractivity (Wildman–Crippen MR) is 146 cm³/mol. The summed E-state index contributed by atoms with van der Waals surface area (Å²) in [6, 6.07) is 10.7. The van der Waals surface area contributed by atoms with Gasteiger partial charge in [-0.05, 0) is 41.9 Å². The number of carbonyl (C=O) groups is 1. The highest BCUT2D eigenvalue weighted by Gasteiger charge is 2.50. The van der Waals surface area contributed by atoms with Crippen LogP contribution in [0.5, 0.6) is 0 Å². The first-order chi connectivity index (χ1) is 16.9. The molecule has 3 aromatic rings. The number of H-pyrrole nitrogens is 1. The predicted octanol–water partition coefficient (Wildman–Crippen LogP) is 4.62. The number of aromatic amines is 1. The number of nitrogens with zero attached hydrogens (tertiary/aromatic N) is 4. The van der Waals surface area contributed by atoms with E-state index in [1.54, 1.807) is 0 Å². The average Bonchev–Trinajstić information content (AvgIpc) is 3.56. The van der Waals surface area contributed by atoms with Crippen LogP contribution in [0.3, 0.4) is 0 Å². The van der Waals surface area contributed by atoms with E-state index in [4.69, 9.17) is 10.7 Å². The number of rotatable bonds is 5. The molecule has 2 fully saturated rings. The molecule has 7 heteroatoms. The summed E-state index contributed by atoms with van der Waals surface area (Å²) in [5.41, 5.74) is 11.3. The number of piperazine rings is 1. The standard InChI is InChI=1S/C29H40N6O/c1-18-7-9-19(10-8-18)20-16-23(31-26-24(20)25(30)32-33-26)29(5,6)17-34-11-13-35(14-12-34)27(36)21-15-22(21)28(2,3)4/h7-10,16,21-22H,11-15,17H2,1-6H3,(H3,30,31,32,33). The van der Waals surface area contributed by atoms with Crippen molar-refractivity contribution in [3.63, 3.8) is 0 Å². The fraction of sp³-hybridized carbons (Fsp3) is 0.552. The maximum Gasteiger partial charge on any atom is 0.226 e. The van der Waals surface area contributed by atoms with Crippen molar-refractivity contribution in [2.75, 3.05) is 38.5 Å². The molecule has 1 saturated carbocycles. The molecule has 192 valence electrons. The molecule has 3 N–H and O–H groups in total. The van der Waals surface area contributed by atoms with E-state index in [9.17, 15) is 4.79 Å². The van der Waals surface area contributed by atoms with E-state index in [2.05, 4.69) is 91.9 Å². The van der Waals surface area contributed by atoms with Crippen LogP contribution in [0, 0.1) is 24.2 Å². The van der Waals surface area contributed by atoms with Gasteiger partial charge in [0.05, 0.1) is 11.1 Å². The second-order valence-electron chi connectivity index (χ2n) is 12.6. The summed E-state index contributed by atoms with van der Waals surface area (Å²) in [6.45, 7) is 17.6. The van der Waals surface area contributed by atoms with E-state index in [1.807, 2.05) is 0 Å². The fourth-order valence-corrected chi connectivity index (χ4v) is 5.78. The quantitative estimate of drug-likeness (QED) is 0.547. The van der Waals surface area contributed by atoms with Crippen LogP contribution >= 0.6 is 0 Å². The summed E-state index contributed by atoms with van der Waals surface area (Å²) in [7, 11) is 0. The van der Waals surface area contributed by atoms with Gasteiger partial charge in [0.25, 0.3) is 0 Å². The van der Waals surface area contributed by atoms with Gasteiger partial charge in [-0.2, -0.15) is 5.10 Å². The number of hydrogen-bond acceptors (Lipinski definition) is 5. The Morgan fingerprint density at radius 2 is 1.75 bits per heavy atom. The Morgan fingerprint density at radius 3 is 2.36 bits per heavy atom. The van der Waals surface area contributed by atoms with Gasteiger partial charge in [0.15, 0.2) is 5.65 Å². The van der Waals surface area contributed by atoms with Gasteiger partial charge in [-0.3, -0.25) is 14.8 Å². The van der Waals surface area contributed by atoms with Crippen molar-refractivity contribution < 1.29 is 4.79 Å². The number of anilines is 1. The largest absolute Gasteiger partial charge is 0.383 e. The number of amides is 1. The third kappa shape index (κ3) is 4.73. The molecule has 1 amide bonds. The maximum absolute atomic E-state index is 13.0. The zero-order valence-electron chi connectivity index (χ0n) is 22.6. The van der Waals surface area contributed by atoms with Gasteiger partial charge in [-0.1, -0.05) is 64.4 Å². The number of fused-ring (bicyclic) bond motifs is 1. The number of aromatic nitrogens is 3. The molecule has 2 aliphatic rings. The van der Waals surface area contributed by atoms with Gasteiger partial charge >= 0.3 is 0 Å². The highest BCUT2D eigenvalue weighted by molar-refractivity contribution is 6.00. The van der Waals surface area contributed by atoms with Crippen molar-refractivity contribution in [1.82, 2.24) is 25.0 Å². The number of hydrogen-bond donors (Lipinski definition) is 2. The molecule has 2 aromatic heterocycles. The summed E-state index contributed by atoms with van der Waals surface area (Å²) in [5.74, 6) is 1.66. The van der Waals surface area contributed by atoms with E-state index < -0.39 is 0 Å². The van der Waals surface area contributed by atoms with Crippen LogP contribution in [-0.2, 0) is 10.2 Å². The number of nitrogens with two attached hydrogens (primary N) is 1. The number of nitrogen functional groups attached to an aromatic ring is 1. The SMILES string of the molecule is Cc1ccc(-c2cc(C(C)(C)CN3CCN(C(=O)C4CC4C(C)(C)C)CC3)nc3n[nH]c(N)c23)cc1. The van der Waals surface area contributed by atoms with E-state index in [0.29, 0.717) is 23.3 Å². The zero-order chi connectivity index (χ0) is 25.8. The minimum Gasteiger partial charge on any atom is -0.383 e. The van der Waals surface area contributed by atoms with Crippen LogP contribution in [0.2, 0.25) is 0 Å². The van der Waals surface area contributed by atoms with Crippen LogP contribution in [0.1, 0.15) is 52.3 Å². The summed E-state index contributed by atoms with van der Waals surface area (Å²) in [4.78, 5) is 22.5. The summed E-state index contributed by atoms with van der Waals surface area (Å²) in [5, 5.41) is 8.19. The van der Waals surface area contributed by atoms with Crippen LogP contribution in [0.25, 0.3) is 22.2 Å². The minimum absolute atomic E-state index is 0.193. The number of benzene rings is 1. The van der Waals surface area contributed by atoms with Crippen LogP contribution in [0.4, 0.5) is 5.82 Å². The van der Waals surface area contributed by atoms with E-state index in [1.165, 1.54) is 5.56 Å². The Hall–Kier alpha value is -2.93. The molecule has 0 bridgehead atoms. The topological polar surface area (TPSA) is 91.1 Å². The molecule has 1 aromatic carbocycles. The van der Waals surface area contributed by atoms with Crippen molar-refractivity contribution in [2.45, 2.75) is 53.4 Å². The van der Waals surface area contributed by atoms with Crippen LogP contribution in [0.15, 0.2) is 30.3 Å². The average molecular weight is 489 g/mol. The van der Waals surface area contributed by atoms with Gasteiger partial charge in [0, 0.05) is 44.1 Å². The second-order valence-corrected chi connectivity index (χ2v) is 12.6. The first kappa shape index (κ1) is 24.8. The lowest BCUT2D eigenvalue weighted by molar-refractivity contribution is -0.135. The monoisotopic (exact) mass is 488 g/mol. The van der Waals surface area contributed by atoms with Gasteiger partial charge in [0.2, 0.25) is 5.91 Å². The number of nitrogens with one attached hydrogen (secondary N) is 1. The Balaban J connectivity index is 1.31. The molecule has 0 spiro atoms. The van der Waals surface area contributed by atoms with Gasteiger partial charge in [-0.25, -0.2) is 4.98 Å². The molecule has 3 heterocycles. The molecule has 1 saturated heterocycles. The summed E-state index contributed by atoms with van der Waals surface area (Å²) < 4.78 is 0.